The minimum atomic E-state index is -2.58. The summed E-state index contributed by atoms with van der Waals surface area (Å²) in [7, 11) is 1.68. The zero-order chi connectivity index (χ0) is 30.0. The molecule has 0 saturated heterocycles. The van der Waals surface area contributed by atoms with Crippen molar-refractivity contribution < 1.29 is 21.9 Å². The maximum atomic E-state index is 15.5. The van der Waals surface area contributed by atoms with Crippen LogP contribution in [0.3, 0.4) is 0 Å². The van der Waals surface area contributed by atoms with Gasteiger partial charge in [0.15, 0.2) is 6.20 Å². The maximum absolute atomic E-state index is 15.5. The Balaban J connectivity index is 1.53. The van der Waals surface area contributed by atoms with Crippen molar-refractivity contribution in [1.29, 1.82) is 0 Å². The van der Waals surface area contributed by atoms with Gasteiger partial charge in [-0.15, -0.1) is 0 Å². The summed E-state index contributed by atoms with van der Waals surface area (Å²) in [5, 5.41) is 1.49. The fourth-order valence-corrected chi connectivity index (χ4v) is 5.51. The van der Waals surface area contributed by atoms with Crippen LogP contribution in [0.2, 0.25) is 0 Å². The molecular formula is C35H30F2NO+. The highest BCUT2D eigenvalue weighted by molar-refractivity contribution is 6.13. The predicted molar refractivity (Wildman–Crippen MR) is 154 cm³/mol. The lowest BCUT2D eigenvalue weighted by Crippen LogP contribution is -2.31. The van der Waals surface area contributed by atoms with E-state index in [4.69, 9.17) is 8.53 Å². The van der Waals surface area contributed by atoms with Gasteiger partial charge in [-0.25, -0.2) is 13.3 Å². The van der Waals surface area contributed by atoms with E-state index in [-0.39, 0.29) is 11.0 Å². The molecular weight excluding hydrogens is 488 g/mol. The normalized spacial score (nSPS) is 13.4. The van der Waals surface area contributed by atoms with E-state index in [1.807, 2.05) is 61.5 Å². The third-order valence-corrected chi connectivity index (χ3v) is 7.84. The molecule has 0 aliphatic carbocycles. The van der Waals surface area contributed by atoms with Crippen molar-refractivity contribution in [1.82, 2.24) is 0 Å². The molecule has 0 aliphatic rings. The Morgan fingerprint density at radius 2 is 1.38 bits per heavy atom. The van der Waals surface area contributed by atoms with Gasteiger partial charge in [-0.05, 0) is 48.2 Å². The average Bonchev–Trinajstić information content (AvgIpc) is 3.32. The summed E-state index contributed by atoms with van der Waals surface area (Å²) in [6.45, 7) is 3.62. The second kappa shape index (κ2) is 9.16. The van der Waals surface area contributed by atoms with Crippen LogP contribution in [-0.2, 0) is 12.5 Å². The number of fused-ring (bicyclic) bond motifs is 3. The number of aromatic nitrogens is 1. The number of aryl methyl sites for hydroxylation is 3. The smallest absolute Gasteiger partial charge is 0.219 e. The third-order valence-electron chi connectivity index (χ3n) is 7.84. The van der Waals surface area contributed by atoms with Crippen LogP contribution in [-0.4, -0.2) is 0 Å². The summed E-state index contributed by atoms with van der Waals surface area (Å²) >= 11 is 0. The van der Waals surface area contributed by atoms with Gasteiger partial charge < -0.3 is 4.42 Å². The average molecular weight is 522 g/mol. The van der Waals surface area contributed by atoms with Crippen molar-refractivity contribution in [3.05, 3.63) is 125 Å². The van der Waals surface area contributed by atoms with Crippen LogP contribution in [0.5, 0.6) is 0 Å². The summed E-state index contributed by atoms with van der Waals surface area (Å²) in [6.07, 6.45) is 1.29. The van der Waals surface area contributed by atoms with E-state index >= 15 is 8.78 Å². The zero-order valence-electron chi connectivity index (χ0n) is 25.3. The Hall–Kier alpha value is -4.31. The van der Waals surface area contributed by atoms with E-state index in [1.54, 1.807) is 17.7 Å². The van der Waals surface area contributed by atoms with Crippen LogP contribution in [0.1, 0.15) is 40.2 Å². The standard InChI is InChI=1S/C35H30F2NO/c1-21-11-16-26-27-17-18-28(36)32(23-12-14-25(15-13-23)35(3,4)24-9-7-6-8-10-24)34(27)39-33(26)31(21)30-19-29(37)22(2)20-38(30)5/h6-20H,1-5H3/q+1/i2D3. The Bertz CT molecular complexity index is 1980. The lowest BCUT2D eigenvalue weighted by Gasteiger charge is -2.26. The molecule has 0 fully saturated rings. The number of nitrogens with zero attached hydrogens (tertiary/aromatic N) is 1. The first kappa shape index (κ1) is 21.6. The van der Waals surface area contributed by atoms with E-state index in [1.165, 1.54) is 23.9 Å². The molecule has 2 aromatic heterocycles. The second-order valence-corrected chi connectivity index (χ2v) is 10.6. The van der Waals surface area contributed by atoms with E-state index in [2.05, 4.69) is 26.0 Å². The quantitative estimate of drug-likeness (QED) is 0.212. The molecule has 0 aliphatic heterocycles. The van der Waals surface area contributed by atoms with Crippen molar-refractivity contribution in [3.8, 4) is 22.4 Å². The number of hydrogen-bond acceptors (Lipinski definition) is 1. The van der Waals surface area contributed by atoms with Gasteiger partial charge in [-0.2, -0.15) is 0 Å². The van der Waals surface area contributed by atoms with Gasteiger partial charge in [0, 0.05) is 31.9 Å². The lowest BCUT2D eigenvalue weighted by molar-refractivity contribution is -0.661. The first-order valence-electron chi connectivity index (χ1n) is 14.4. The van der Waals surface area contributed by atoms with Gasteiger partial charge in [-0.1, -0.05) is 80.6 Å². The molecule has 4 heteroatoms. The summed E-state index contributed by atoms with van der Waals surface area (Å²) in [4.78, 5) is 0. The second-order valence-electron chi connectivity index (χ2n) is 10.6. The van der Waals surface area contributed by atoms with Crippen LogP contribution < -0.4 is 4.57 Å². The summed E-state index contributed by atoms with van der Waals surface area (Å²) in [5.74, 6) is -1.23. The molecule has 0 atom stereocenters. The zero-order valence-corrected chi connectivity index (χ0v) is 22.3. The number of hydrogen-bond donors (Lipinski definition) is 0. The van der Waals surface area contributed by atoms with Crippen molar-refractivity contribution in [2.24, 2.45) is 7.05 Å². The molecule has 6 rings (SSSR count). The number of halogens is 2. The van der Waals surface area contributed by atoms with Crippen LogP contribution in [0.15, 0.2) is 95.5 Å². The van der Waals surface area contributed by atoms with Gasteiger partial charge in [-0.3, -0.25) is 0 Å². The monoisotopic (exact) mass is 521 g/mol. The number of rotatable bonds is 4. The summed E-state index contributed by atoms with van der Waals surface area (Å²) in [6, 6.07) is 26.3. The predicted octanol–water partition coefficient (Wildman–Crippen LogP) is 8.97. The van der Waals surface area contributed by atoms with Crippen LogP contribution in [0.4, 0.5) is 8.78 Å². The summed E-state index contributed by atoms with van der Waals surface area (Å²) in [5.41, 5.74) is 5.49. The van der Waals surface area contributed by atoms with Crippen LogP contribution >= 0.6 is 0 Å². The maximum Gasteiger partial charge on any atom is 0.219 e. The molecule has 39 heavy (non-hydrogen) atoms. The fourth-order valence-electron chi connectivity index (χ4n) is 5.51. The summed E-state index contributed by atoms with van der Waals surface area (Å²) < 4.78 is 61.7. The Labute approximate surface area is 231 Å². The van der Waals surface area contributed by atoms with E-state index in [9.17, 15) is 0 Å². The minimum absolute atomic E-state index is 0.240. The highest BCUT2D eigenvalue weighted by Crippen LogP contribution is 2.42. The van der Waals surface area contributed by atoms with E-state index < -0.39 is 18.5 Å². The van der Waals surface area contributed by atoms with Gasteiger partial charge in [0.2, 0.25) is 5.69 Å². The number of benzene rings is 4. The Morgan fingerprint density at radius 1 is 0.744 bits per heavy atom. The molecule has 0 unspecified atom stereocenters. The lowest BCUT2D eigenvalue weighted by atomic mass is 9.78. The SMILES string of the molecule is [2H]C([2H])([2H])c1c[n+](C)c(-c2c(C)ccc3c2oc2c(-c4ccc(C(C)(C)c5ccccc5)cc4)c(F)ccc23)cc1F. The fraction of sp³-hybridized carbons (Fsp3) is 0.171. The highest BCUT2D eigenvalue weighted by Gasteiger charge is 2.26. The molecule has 4 aromatic carbocycles. The molecule has 0 saturated carbocycles. The first-order chi connectivity index (χ1) is 19.9. The van der Waals surface area contributed by atoms with Crippen LogP contribution in [0.25, 0.3) is 44.3 Å². The van der Waals surface area contributed by atoms with Crippen molar-refractivity contribution in [2.75, 3.05) is 0 Å². The molecule has 6 aromatic rings. The topological polar surface area (TPSA) is 17.0 Å². The highest BCUT2D eigenvalue weighted by atomic mass is 19.1. The molecule has 2 nitrogen and oxygen atoms in total. The van der Waals surface area contributed by atoms with Crippen molar-refractivity contribution in [3.63, 3.8) is 0 Å². The minimum Gasteiger partial charge on any atom is -0.454 e. The number of pyridine rings is 1. The van der Waals surface area contributed by atoms with E-state index in [0.717, 1.165) is 21.9 Å². The molecule has 0 radical (unpaired) electrons. The van der Waals surface area contributed by atoms with Crippen molar-refractivity contribution in [2.45, 2.75) is 33.0 Å². The molecule has 2 heterocycles. The van der Waals surface area contributed by atoms with Crippen molar-refractivity contribution >= 4 is 21.9 Å². The molecule has 0 amide bonds. The van der Waals surface area contributed by atoms with E-state index in [0.29, 0.717) is 33.6 Å². The molecule has 194 valence electrons. The number of furan rings is 1. The molecule has 0 spiro atoms. The molecule has 0 N–H and O–H groups in total. The third kappa shape index (κ3) is 4.02. The van der Waals surface area contributed by atoms with Gasteiger partial charge in [0.1, 0.15) is 29.8 Å². The Kier molecular flexibility index (Phi) is 5.07. The van der Waals surface area contributed by atoms with Gasteiger partial charge in [0.25, 0.3) is 0 Å². The Morgan fingerprint density at radius 3 is 2.08 bits per heavy atom. The van der Waals surface area contributed by atoms with Crippen LogP contribution in [0, 0.1) is 25.4 Å². The first-order valence-corrected chi connectivity index (χ1v) is 12.9. The largest absolute Gasteiger partial charge is 0.454 e. The van der Waals surface area contributed by atoms with Gasteiger partial charge in [0.05, 0.1) is 11.1 Å². The van der Waals surface area contributed by atoms with Gasteiger partial charge >= 0.3 is 0 Å². The molecule has 0 bridgehead atoms.